The molecule has 2 bridgehead atoms. The normalized spacial score (nSPS) is 23.4. The fraction of sp³-hybridized carbons (Fsp3) is 0.484. The van der Waals surface area contributed by atoms with Crippen LogP contribution in [0.15, 0.2) is 86.1 Å². The molecule has 3 aromatic rings. The molecule has 3 nitrogen and oxygen atoms in total. The topological polar surface area (TPSA) is 57.2 Å². The number of hydrogen-bond donors (Lipinski definition) is 0. The van der Waals surface area contributed by atoms with Crippen molar-refractivity contribution in [1.29, 1.82) is 0 Å². The molecule has 0 saturated heterocycles. The van der Waals surface area contributed by atoms with Crippen LogP contribution in [0.25, 0.3) is 0 Å². The fourth-order valence-corrected chi connectivity index (χ4v) is 10.8. The molecule has 0 radical (unpaired) electrons. The summed E-state index contributed by atoms with van der Waals surface area (Å²) in [6.07, 6.45) is 8.40. The molecule has 3 aliphatic carbocycles. The molecule has 3 unspecified atom stereocenters. The number of hydrogen-bond acceptors (Lipinski definition) is 4. The Kier molecular flexibility index (Phi) is 9.24. The van der Waals surface area contributed by atoms with E-state index in [9.17, 15) is 30.5 Å². The third kappa shape index (κ3) is 6.40. The summed E-state index contributed by atoms with van der Waals surface area (Å²) in [5.41, 5.74) is 1.58. The summed E-state index contributed by atoms with van der Waals surface area (Å²) in [5.74, 6) is -6.31. The lowest BCUT2D eigenvalue weighted by Gasteiger charge is -2.36. The Bertz CT molecular complexity index is 1350. The molecule has 2 aromatic carbocycles. The molecular formula is C31H34F4O3S3. The van der Waals surface area contributed by atoms with E-state index >= 15 is 0 Å². The first-order valence-electron chi connectivity index (χ1n) is 14.1. The lowest BCUT2D eigenvalue weighted by atomic mass is 9.84. The standard InChI is InChI=1S/C22H23S2.C9H12F4O3S/c1-4-10-18(11-5-1)19-16-22(23-17-19)24(20-12-6-2-7-13-20)21-14-8-3-9-15-21;10-8(11,9(12,13)17(14,15)16)7-4-5-1-2-6(7)3-5/h2-3,6-9,12-18H,1,4-5,10-11H2;5-7H,1-4H2,(H,14,15,16)/q+1;/p-1. The number of thiophene rings is 1. The van der Waals surface area contributed by atoms with Gasteiger partial charge in [-0.15, -0.1) is 0 Å². The van der Waals surface area contributed by atoms with E-state index in [2.05, 4.69) is 72.1 Å². The summed E-state index contributed by atoms with van der Waals surface area (Å²) in [6.45, 7) is 0. The largest absolute Gasteiger partial charge is 0.743 e. The highest BCUT2D eigenvalue weighted by Gasteiger charge is 2.68. The second-order valence-corrected chi connectivity index (χ2v) is 15.9. The molecule has 0 aliphatic heterocycles. The van der Waals surface area contributed by atoms with Gasteiger partial charge in [-0.2, -0.15) is 17.6 Å². The average molecular weight is 627 g/mol. The molecule has 3 saturated carbocycles. The van der Waals surface area contributed by atoms with E-state index in [4.69, 9.17) is 0 Å². The monoisotopic (exact) mass is 626 g/mol. The van der Waals surface area contributed by atoms with E-state index in [-0.39, 0.29) is 23.2 Å². The maximum Gasteiger partial charge on any atom is 0.396 e. The smallest absolute Gasteiger partial charge is 0.396 e. The van der Waals surface area contributed by atoms with Crippen LogP contribution in [0.5, 0.6) is 0 Å². The first-order chi connectivity index (χ1) is 19.5. The van der Waals surface area contributed by atoms with Gasteiger partial charge in [-0.3, -0.25) is 0 Å². The molecule has 6 rings (SSSR count). The van der Waals surface area contributed by atoms with Crippen molar-refractivity contribution in [2.45, 2.75) is 88.9 Å². The highest BCUT2D eigenvalue weighted by molar-refractivity contribution is 7.98. The Balaban J connectivity index is 0.000000175. The van der Waals surface area contributed by atoms with Gasteiger partial charge >= 0.3 is 11.2 Å². The van der Waals surface area contributed by atoms with Gasteiger partial charge in [0.1, 0.15) is 10.9 Å². The van der Waals surface area contributed by atoms with Crippen molar-refractivity contribution in [3.05, 3.63) is 77.7 Å². The molecule has 1 aromatic heterocycles. The predicted molar refractivity (Wildman–Crippen MR) is 154 cm³/mol. The van der Waals surface area contributed by atoms with Crippen molar-refractivity contribution in [3.8, 4) is 0 Å². The van der Waals surface area contributed by atoms with Gasteiger partial charge in [0.05, 0.1) is 0 Å². The molecule has 222 valence electrons. The molecule has 0 N–H and O–H groups in total. The molecule has 10 heteroatoms. The van der Waals surface area contributed by atoms with Crippen LogP contribution in [-0.4, -0.2) is 24.1 Å². The van der Waals surface area contributed by atoms with Gasteiger partial charge < -0.3 is 4.55 Å². The maximum absolute atomic E-state index is 13.5. The van der Waals surface area contributed by atoms with Crippen LogP contribution in [0.4, 0.5) is 17.6 Å². The Morgan fingerprint density at radius 2 is 1.39 bits per heavy atom. The zero-order chi connectivity index (χ0) is 29.3. The molecule has 3 atom stereocenters. The van der Waals surface area contributed by atoms with Gasteiger partial charge in [-0.25, -0.2) is 8.42 Å². The molecule has 41 heavy (non-hydrogen) atoms. The van der Waals surface area contributed by atoms with E-state index in [1.165, 1.54) is 46.1 Å². The van der Waals surface area contributed by atoms with Crippen molar-refractivity contribution in [2.24, 2.45) is 17.8 Å². The predicted octanol–water partition coefficient (Wildman–Crippen LogP) is 9.09. The van der Waals surface area contributed by atoms with E-state index in [0.717, 1.165) is 5.92 Å². The highest BCUT2D eigenvalue weighted by Crippen LogP contribution is 2.58. The maximum atomic E-state index is 13.5. The first kappa shape index (κ1) is 30.6. The second-order valence-electron chi connectivity index (χ2n) is 11.3. The van der Waals surface area contributed by atoms with Crippen molar-refractivity contribution in [3.63, 3.8) is 0 Å². The van der Waals surface area contributed by atoms with Crippen LogP contribution in [0, 0.1) is 17.8 Å². The average Bonchev–Trinajstić information content (AvgIpc) is 3.73. The third-order valence-electron chi connectivity index (χ3n) is 8.74. The van der Waals surface area contributed by atoms with E-state index in [0.29, 0.717) is 19.3 Å². The van der Waals surface area contributed by atoms with E-state index in [1.54, 1.807) is 5.56 Å². The summed E-state index contributed by atoms with van der Waals surface area (Å²) >= 11 is 1.95. The molecule has 3 fully saturated rings. The van der Waals surface area contributed by atoms with Crippen molar-refractivity contribution >= 4 is 32.3 Å². The summed E-state index contributed by atoms with van der Waals surface area (Å²) in [5, 5.41) is -3.09. The fourth-order valence-electron chi connectivity index (χ4n) is 6.64. The zero-order valence-electron chi connectivity index (χ0n) is 22.6. The number of rotatable bonds is 7. The zero-order valence-corrected chi connectivity index (χ0v) is 25.0. The van der Waals surface area contributed by atoms with Crippen molar-refractivity contribution < 1.29 is 30.5 Å². The van der Waals surface area contributed by atoms with Crippen LogP contribution < -0.4 is 0 Å². The minimum atomic E-state index is -6.35. The van der Waals surface area contributed by atoms with Crippen LogP contribution in [0.3, 0.4) is 0 Å². The molecule has 0 spiro atoms. The quantitative estimate of drug-likeness (QED) is 0.149. The minimum Gasteiger partial charge on any atom is -0.743 e. The lowest BCUT2D eigenvalue weighted by molar-refractivity contribution is -0.202. The Hall–Kier alpha value is -1.88. The Morgan fingerprint density at radius 1 is 0.805 bits per heavy atom. The first-order valence-corrected chi connectivity index (χ1v) is 17.6. The number of fused-ring (bicyclic) bond motifs is 2. The summed E-state index contributed by atoms with van der Waals surface area (Å²) in [4.78, 5) is 2.83. The van der Waals surface area contributed by atoms with Crippen LogP contribution in [0.1, 0.15) is 69.3 Å². The molecule has 1 heterocycles. The van der Waals surface area contributed by atoms with Gasteiger partial charge in [-0.05, 0) is 85.1 Å². The second kappa shape index (κ2) is 12.4. The van der Waals surface area contributed by atoms with Crippen LogP contribution in [-0.2, 0) is 21.0 Å². The van der Waals surface area contributed by atoms with E-state index < -0.39 is 33.1 Å². The van der Waals surface area contributed by atoms with Gasteiger partial charge in [0.25, 0.3) is 0 Å². The highest BCUT2D eigenvalue weighted by atomic mass is 32.2. The number of halogens is 4. The third-order valence-corrected chi connectivity index (χ3v) is 13.2. The van der Waals surface area contributed by atoms with Gasteiger partial charge in [-0.1, -0.05) is 73.4 Å². The Morgan fingerprint density at radius 3 is 1.88 bits per heavy atom. The Labute approximate surface area is 246 Å². The van der Waals surface area contributed by atoms with Crippen molar-refractivity contribution in [1.82, 2.24) is 0 Å². The SMILES string of the molecule is O=S(=O)([O-])C(F)(F)C(F)(F)C1CC2CCC1C2.c1ccc([S+](c2ccccc2)c2cc(C3CCCCC3)cs2)cc1. The van der Waals surface area contributed by atoms with Crippen LogP contribution >= 0.6 is 11.3 Å². The minimum absolute atomic E-state index is 0.0203. The summed E-state index contributed by atoms with van der Waals surface area (Å²) < 4.78 is 85.5. The number of benzene rings is 2. The molecule has 0 amide bonds. The van der Waals surface area contributed by atoms with E-state index in [1.807, 2.05) is 11.3 Å². The van der Waals surface area contributed by atoms with Crippen LogP contribution in [0.2, 0.25) is 0 Å². The molecule has 3 aliphatic rings. The molecular weight excluding hydrogens is 593 g/mol. The lowest BCUT2D eigenvalue weighted by Crippen LogP contribution is -2.52. The summed E-state index contributed by atoms with van der Waals surface area (Å²) in [7, 11) is -6.33. The van der Waals surface area contributed by atoms with Gasteiger partial charge in [0, 0.05) is 12.0 Å². The number of alkyl halides is 4. The van der Waals surface area contributed by atoms with Gasteiger partial charge in [0.2, 0.25) is 4.21 Å². The summed E-state index contributed by atoms with van der Waals surface area (Å²) in [6, 6.07) is 24.5. The van der Waals surface area contributed by atoms with Crippen molar-refractivity contribution in [2.75, 3.05) is 0 Å². The van der Waals surface area contributed by atoms with Gasteiger partial charge in [0.15, 0.2) is 19.9 Å².